The Balaban J connectivity index is 0.00000225. The van der Waals surface area contributed by atoms with Crippen LogP contribution in [0.2, 0.25) is 0 Å². The van der Waals surface area contributed by atoms with Crippen molar-refractivity contribution in [3.05, 3.63) is 65.2 Å². The first kappa shape index (κ1) is 16.1. The van der Waals surface area contributed by atoms with Crippen LogP contribution in [0.4, 0.5) is 10.5 Å². The molecule has 1 heterocycles. The molecule has 124 valence electrons. The number of rotatable bonds is 4. The number of hydrogen-bond acceptors (Lipinski definition) is 2. The summed E-state index contributed by atoms with van der Waals surface area (Å²) in [7, 11) is 0. The Labute approximate surface area is 144 Å². The smallest absolute Gasteiger partial charge is 0.320 e. The molecule has 2 aromatic carbocycles. The molecule has 1 N–H and O–H groups in total. The molecule has 0 spiro atoms. The Hall–Kier alpha value is -2.80. The zero-order valence-corrected chi connectivity index (χ0v) is 14.0. The van der Waals surface area contributed by atoms with Gasteiger partial charge in [-0.2, -0.15) is 5.26 Å². The number of benzene rings is 2. The highest BCUT2D eigenvalue weighted by molar-refractivity contribution is 5.92. The van der Waals surface area contributed by atoms with Gasteiger partial charge in [-0.25, -0.2) is 4.79 Å². The number of anilines is 1. The molecule has 3 rings (SSSR count). The lowest BCUT2D eigenvalue weighted by atomic mass is 9.78. The first-order valence-electron chi connectivity index (χ1n) is 8.20. The lowest BCUT2D eigenvalue weighted by molar-refractivity contribution is 0.210. The van der Waals surface area contributed by atoms with Crippen LogP contribution in [0.15, 0.2) is 48.5 Å². The van der Waals surface area contributed by atoms with Crippen molar-refractivity contribution in [1.29, 1.82) is 5.26 Å². The van der Waals surface area contributed by atoms with Crippen LogP contribution in [0.5, 0.6) is 0 Å². The molecule has 2 aromatic rings. The SMILES string of the molecule is CCN1Cc2ccc([C@@](C)(C#N)Cc3ccccc3)cc2NC1=O.[HH]. The molecule has 0 saturated carbocycles. The summed E-state index contributed by atoms with van der Waals surface area (Å²) < 4.78 is 0. The van der Waals surface area contributed by atoms with Gasteiger partial charge in [-0.3, -0.25) is 0 Å². The fourth-order valence-electron chi connectivity index (χ4n) is 3.11. The number of nitrogens with zero attached hydrogens (tertiary/aromatic N) is 2. The van der Waals surface area contributed by atoms with E-state index in [1.807, 2.05) is 62.4 Å². The fraction of sp³-hybridized carbons (Fsp3) is 0.300. The Bertz CT molecular complexity index is 800. The summed E-state index contributed by atoms with van der Waals surface area (Å²) >= 11 is 0. The molecule has 0 fully saturated rings. The first-order chi connectivity index (χ1) is 11.6. The van der Waals surface area contributed by atoms with E-state index in [-0.39, 0.29) is 7.46 Å². The number of urea groups is 1. The van der Waals surface area contributed by atoms with Gasteiger partial charge in [-0.15, -0.1) is 0 Å². The highest BCUT2D eigenvalue weighted by Gasteiger charge is 2.29. The monoisotopic (exact) mass is 321 g/mol. The molecule has 4 heteroatoms. The lowest BCUT2D eigenvalue weighted by Gasteiger charge is -2.30. The van der Waals surface area contributed by atoms with Crippen molar-refractivity contribution in [2.45, 2.75) is 32.2 Å². The topological polar surface area (TPSA) is 56.1 Å². The van der Waals surface area contributed by atoms with Crippen LogP contribution in [-0.2, 0) is 18.4 Å². The van der Waals surface area contributed by atoms with Crippen LogP contribution in [0.3, 0.4) is 0 Å². The minimum Gasteiger partial charge on any atom is -0.320 e. The number of nitriles is 1. The maximum Gasteiger partial charge on any atom is 0.322 e. The third-order valence-corrected chi connectivity index (χ3v) is 4.67. The average molecular weight is 321 g/mol. The highest BCUT2D eigenvalue weighted by atomic mass is 16.2. The molecule has 1 atom stereocenters. The van der Waals surface area contributed by atoms with E-state index in [1.54, 1.807) is 4.90 Å². The number of carbonyl (C=O) groups is 1. The number of carbonyl (C=O) groups excluding carboxylic acids is 1. The average Bonchev–Trinajstić information content (AvgIpc) is 2.61. The largest absolute Gasteiger partial charge is 0.322 e. The van der Waals surface area contributed by atoms with Crippen molar-refractivity contribution in [3.63, 3.8) is 0 Å². The minimum absolute atomic E-state index is 0. The zero-order valence-electron chi connectivity index (χ0n) is 14.0. The van der Waals surface area contributed by atoms with Gasteiger partial charge in [0.15, 0.2) is 0 Å². The third-order valence-electron chi connectivity index (χ3n) is 4.67. The van der Waals surface area contributed by atoms with Gasteiger partial charge in [-0.05, 0) is 43.0 Å². The van der Waals surface area contributed by atoms with Crippen LogP contribution in [0, 0.1) is 11.3 Å². The summed E-state index contributed by atoms with van der Waals surface area (Å²) in [5.41, 5.74) is 3.32. The normalized spacial score (nSPS) is 15.9. The number of amides is 2. The van der Waals surface area contributed by atoms with Crippen LogP contribution in [0.1, 0.15) is 32.0 Å². The number of fused-ring (bicyclic) bond motifs is 1. The fourth-order valence-corrected chi connectivity index (χ4v) is 3.11. The van der Waals surface area contributed by atoms with Crippen molar-refractivity contribution in [2.75, 3.05) is 11.9 Å². The molecule has 0 radical (unpaired) electrons. The van der Waals surface area contributed by atoms with Crippen molar-refractivity contribution in [1.82, 2.24) is 4.90 Å². The van der Waals surface area contributed by atoms with Gasteiger partial charge in [0.25, 0.3) is 0 Å². The Morgan fingerprint density at radius 3 is 2.71 bits per heavy atom. The van der Waals surface area contributed by atoms with Crippen LogP contribution >= 0.6 is 0 Å². The summed E-state index contributed by atoms with van der Waals surface area (Å²) in [6.07, 6.45) is 0.637. The molecule has 1 aliphatic heterocycles. The molecule has 0 aliphatic carbocycles. The predicted molar refractivity (Wildman–Crippen MR) is 96.8 cm³/mol. The summed E-state index contributed by atoms with van der Waals surface area (Å²) in [6, 6.07) is 18.4. The molecule has 4 nitrogen and oxygen atoms in total. The Morgan fingerprint density at radius 1 is 1.29 bits per heavy atom. The van der Waals surface area contributed by atoms with Crippen molar-refractivity contribution in [3.8, 4) is 6.07 Å². The van der Waals surface area contributed by atoms with Gasteiger partial charge < -0.3 is 10.2 Å². The van der Waals surface area contributed by atoms with Gasteiger partial charge in [0.2, 0.25) is 0 Å². The van der Waals surface area contributed by atoms with Gasteiger partial charge in [0.05, 0.1) is 11.5 Å². The molecule has 0 saturated heterocycles. The maximum atomic E-state index is 12.1. The third kappa shape index (κ3) is 2.98. The summed E-state index contributed by atoms with van der Waals surface area (Å²) in [6.45, 7) is 5.20. The quantitative estimate of drug-likeness (QED) is 0.911. The second-order valence-electron chi connectivity index (χ2n) is 6.42. The molecule has 24 heavy (non-hydrogen) atoms. The molecule has 1 aliphatic rings. The van der Waals surface area contributed by atoms with Crippen LogP contribution in [0.25, 0.3) is 0 Å². The van der Waals surface area contributed by atoms with E-state index >= 15 is 0 Å². The zero-order chi connectivity index (χ0) is 17.2. The van der Waals surface area contributed by atoms with E-state index in [1.165, 1.54) is 0 Å². The summed E-state index contributed by atoms with van der Waals surface area (Å²) in [5.74, 6) is 0. The summed E-state index contributed by atoms with van der Waals surface area (Å²) in [4.78, 5) is 13.8. The maximum absolute atomic E-state index is 12.1. The first-order valence-corrected chi connectivity index (χ1v) is 8.20. The van der Waals surface area contributed by atoms with E-state index < -0.39 is 5.41 Å². The molecule has 2 amide bonds. The number of hydrogen-bond donors (Lipinski definition) is 1. The van der Waals surface area contributed by atoms with Crippen LogP contribution < -0.4 is 5.32 Å². The van der Waals surface area contributed by atoms with Crippen molar-refractivity contribution in [2.24, 2.45) is 0 Å². The van der Waals surface area contributed by atoms with Gasteiger partial charge in [0.1, 0.15) is 0 Å². The van der Waals surface area contributed by atoms with Gasteiger partial charge in [-0.1, -0.05) is 42.5 Å². The highest BCUT2D eigenvalue weighted by Crippen LogP contribution is 2.32. The second kappa shape index (κ2) is 6.37. The predicted octanol–water partition coefficient (Wildman–Crippen LogP) is 4.32. The molecule has 0 bridgehead atoms. The number of nitrogens with one attached hydrogen (secondary N) is 1. The minimum atomic E-state index is -0.636. The standard InChI is InChI=1S/C20H21N3O.H2/c1-3-23-13-16-9-10-17(11-18(16)22-19(23)24)20(2,14-21)12-15-7-5-4-6-8-15;/h4-11H,3,12-13H2,1-2H3,(H,22,24);1H/t20-;/m1./s1. The van der Waals surface area contributed by atoms with Gasteiger partial charge >= 0.3 is 6.03 Å². The van der Waals surface area contributed by atoms with Crippen molar-refractivity contribution < 1.29 is 6.22 Å². The van der Waals surface area contributed by atoms with E-state index in [4.69, 9.17) is 0 Å². The van der Waals surface area contributed by atoms with E-state index in [0.29, 0.717) is 19.5 Å². The van der Waals surface area contributed by atoms with E-state index in [2.05, 4.69) is 11.4 Å². The molecular formula is C20H23N3O. The van der Waals surface area contributed by atoms with Crippen molar-refractivity contribution >= 4 is 11.7 Å². The van der Waals surface area contributed by atoms with Crippen LogP contribution in [-0.4, -0.2) is 17.5 Å². The van der Waals surface area contributed by atoms with E-state index in [9.17, 15) is 10.1 Å². The van der Waals surface area contributed by atoms with Gasteiger partial charge in [0, 0.05) is 20.2 Å². The Morgan fingerprint density at radius 2 is 2.04 bits per heavy atom. The second-order valence-corrected chi connectivity index (χ2v) is 6.42. The Kier molecular flexibility index (Phi) is 4.26. The molecule has 0 unspecified atom stereocenters. The molecule has 0 aromatic heterocycles. The molecular weight excluding hydrogens is 298 g/mol. The van der Waals surface area contributed by atoms with E-state index in [0.717, 1.165) is 22.4 Å². The lowest BCUT2D eigenvalue weighted by Crippen LogP contribution is -2.38. The summed E-state index contributed by atoms with van der Waals surface area (Å²) in [5, 5.41) is 12.7.